The fourth-order valence-electron chi connectivity index (χ4n) is 1.92. The molecule has 3 heteroatoms. The standard InChI is InChI=1S/C14H19N3/c1-4-14(12-7-5-11(2)6-8-12)16-13-9-15-17(3)10-13/h5-10,14,16H,4H2,1-3H3. The minimum atomic E-state index is 0.347. The first-order valence-corrected chi connectivity index (χ1v) is 6.01. The van der Waals surface area contributed by atoms with Crippen LogP contribution in [0.4, 0.5) is 5.69 Å². The minimum Gasteiger partial charge on any atom is -0.376 e. The zero-order valence-electron chi connectivity index (χ0n) is 10.6. The number of aromatic nitrogens is 2. The molecule has 0 saturated heterocycles. The Hall–Kier alpha value is -1.77. The molecule has 90 valence electrons. The smallest absolute Gasteiger partial charge is 0.0731 e. The monoisotopic (exact) mass is 229 g/mol. The van der Waals surface area contributed by atoms with Gasteiger partial charge in [0.2, 0.25) is 0 Å². The molecule has 3 nitrogen and oxygen atoms in total. The normalized spacial score (nSPS) is 12.4. The van der Waals surface area contributed by atoms with Crippen LogP contribution in [0.3, 0.4) is 0 Å². The van der Waals surface area contributed by atoms with Crippen molar-refractivity contribution in [1.82, 2.24) is 9.78 Å². The van der Waals surface area contributed by atoms with Crippen LogP contribution in [0.5, 0.6) is 0 Å². The summed E-state index contributed by atoms with van der Waals surface area (Å²) < 4.78 is 1.81. The summed E-state index contributed by atoms with van der Waals surface area (Å²) in [6.07, 6.45) is 4.91. The third-order valence-corrected chi connectivity index (χ3v) is 2.93. The molecule has 1 heterocycles. The molecule has 1 aromatic heterocycles. The van der Waals surface area contributed by atoms with Crippen LogP contribution in [0.15, 0.2) is 36.7 Å². The third-order valence-electron chi connectivity index (χ3n) is 2.93. The Morgan fingerprint density at radius 2 is 2.00 bits per heavy atom. The van der Waals surface area contributed by atoms with Crippen molar-refractivity contribution < 1.29 is 0 Å². The van der Waals surface area contributed by atoms with Gasteiger partial charge in [0.15, 0.2) is 0 Å². The van der Waals surface area contributed by atoms with Crippen molar-refractivity contribution in [3.8, 4) is 0 Å². The van der Waals surface area contributed by atoms with Gasteiger partial charge in [-0.2, -0.15) is 5.10 Å². The van der Waals surface area contributed by atoms with Crippen LogP contribution in [0, 0.1) is 6.92 Å². The van der Waals surface area contributed by atoms with Gasteiger partial charge in [-0.15, -0.1) is 0 Å². The number of nitrogens with zero attached hydrogens (tertiary/aromatic N) is 2. The summed E-state index contributed by atoms with van der Waals surface area (Å²) >= 11 is 0. The quantitative estimate of drug-likeness (QED) is 0.871. The number of rotatable bonds is 4. The van der Waals surface area contributed by atoms with Gasteiger partial charge in [0.1, 0.15) is 0 Å². The topological polar surface area (TPSA) is 29.9 Å². The van der Waals surface area contributed by atoms with Crippen LogP contribution in [-0.2, 0) is 7.05 Å². The predicted octanol–water partition coefficient (Wildman–Crippen LogP) is 3.29. The van der Waals surface area contributed by atoms with Crippen molar-refractivity contribution in [3.63, 3.8) is 0 Å². The van der Waals surface area contributed by atoms with E-state index in [1.54, 1.807) is 0 Å². The average Bonchev–Trinajstić information content (AvgIpc) is 2.73. The largest absolute Gasteiger partial charge is 0.376 e. The van der Waals surface area contributed by atoms with Gasteiger partial charge in [-0.1, -0.05) is 36.8 Å². The number of hydrogen-bond donors (Lipinski definition) is 1. The fraction of sp³-hybridized carbons (Fsp3) is 0.357. The van der Waals surface area contributed by atoms with E-state index in [1.165, 1.54) is 11.1 Å². The molecule has 0 aliphatic heterocycles. The van der Waals surface area contributed by atoms with Crippen molar-refractivity contribution >= 4 is 5.69 Å². The van der Waals surface area contributed by atoms with Crippen LogP contribution < -0.4 is 5.32 Å². The molecule has 1 N–H and O–H groups in total. The van der Waals surface area contributed by atoms with Crippen LogP contribution in [-0.4, -0.2) is 9.78 Å². The molecular weight excluding hydrogens is 210 g/mol. The van der Waals surface area contributed by atoms with Gasteiger partial charge in [0.25, 0.3) is 0 Å². The second kappa shape index (κ2) is 5.04. The van der Waals surface area contributed by atoms with E-state index in [2.05, 4.69) is 48.5 Å². The van der Waals surface area contributed by atoms with Crippen molar-refractivity contribution in [2.24, 2.45) is 7.05 Å². The summed E-state index contributed by atoms with van der Waals surface area (Å²) in [5.41, 5.74) is 3.69. The first-order chi connectivity index (χ1) is 8.19. The van der Waals surface area contributed by atoms with Crippen LogP contribution in [0.2, 0.25) is 0 Å². The minimum absolute atomic E-state index is 0.347. The molecule has 0 saturated carbocycles. The first kappa shape index (κ1) is 11.7. The molecule has 0 spiro atoms. The number of aryl methyl sites for hydroxylation is 2. The van der Waals surface area contributed by atoms with Crippen LogP contribution in [0.1, 0.15) is 30.5 Å². The van der Waals surface area contributed by atoms with E-state index < -0.39 is 0 Å². The maximum absolute atomic E-state index is 4.17. The molecular formula is C14H19N3. The Morgan fingerprint density at radius 3 is 2.53 bits per heavy atom. The Morgan fingerprint density at radius 1 is 1.29 bits per heavy atom. The SMILES string of the molecule is CCC(Nc1cnn(C)c1)c1ccc(C)cc1. The zero-order valence-corrected chi connectivity index (χ0v) is 10.6. The Kier molecular flexibility index (Phi) is 3.47. The first-order valence-electron chi connectivity index (χ1n) is 6.01. The highest BCUT2D eigenvalue weighted by atomic mass is 15.3. The van der Waals surface area contributed by atoms with Gasteiger partial charge in [-0.05, 0) is 18.9 Å². The molecule has 0 radical (unpaired) electrons. The molecule has 1 atom stereocenters. The lowest BCUT2D eigenvalue weighted by Crippen LogP contribution is -2.09. The Labute approximate surface area is 102 Å². The summed E-state index contributed by atoms with van der Waals surface area (Å²) in [6.45, 7) is 4.30. The highest BCUT2D eigenvalue weighted by Gasteiger charge is 2.09. The van der Waals surface area contributed by atoms with Gasteiger partial charge in [-0.25, -0.2) is 0 Å². The average molecular weight is 229 g/mol. The van der Waals surface area contributed by atoms with Gasteiger partial charge < -0.3 is 5.32 Å². The molecule has 1 unspecified atom stereocenters. The summed E-state index contributed by atoms with van der Waals surface area (Å²) in [7, 11) is 1.93. The van der Waals surface area contributed by atoms with E-state index >= 15 is 0 Å². The van der Waals surface area contributed by atoms with E-state index in [-0.39, 0.29) is 0 Å². The summed E-state index contributed by atoms with van der Waals surface area (Å²) in [5, 5.41) is 7.67. The van der Waals surface area contributed by atoms with Gasteiger partial charge >= 0.3 is 0 Å². The maximum atomic E-state index is 4.17. The molecule has 1 aromatic carbocycles. The van der Waals surface area contributed by atoms with Crippen molar-refractivity contribution in [2.45, 2.75) is 26.3 Å². The van der Waals surface area contributed by atoms with Crippen molar-refractivity contribution in [3.05, 3.63) is 47.8 Å². The molecule has 0 aliphatic carbocycles. The number of anilines is 1. The molecule has 0 fully saturated rings. The van der Waals surface area contributed by atoms with Gasteiger partial charge in [0.05, 0.1) is 17.9 Å². The van der Waals surface area contributed by atoms with Crippen molar-refractivity contribution in [2.75, 3.05) is 5.32 Å². The lowest BCUT2D eigenvalue weighted by Gasteiger charge is -2.17. The zero-order chi connectivity index (χ0) is 12.3. The molecule has 2 aromatic rings. The fourth-order valence-corrected chi connectivity index (χ4v) is 1.92. The Balaban J connectivity index is 2.13. The number of benzene rings is 1. The molecule has 0 bridgehead atoms. The summed E-state index contributed by atoms with van der Waals surface area (Å²) in [6, 6.07) is 9.03. The van der Waals surface area contributed by atoms with Crippen molar-refractivity contribution in [1.29, 1.82) is 0 Å². The van der Waals surface area contributed by atoms with Crippen LogP contribution in [0.25, 0.3) is 0 Å². The predicted molar refractivity (Wildman–Crippen MR) is 71.0 cm³/mol. The summed E-state index contributed by atoms with van der Waals surface area (Å²) in [4.78, 5) is 0. The molecule has 0 amide bonds. The highest BCUT2D eigenvalue weighted by molar-refractivity contribution is 5.42. The maximum Gasteiger partial charge on any atom is 0.0731 e. The van der Waals surface area contributed by atoms with Gasteiger partial charge in [0, 0.05) is 13.2 Å². The Bertz CT molecular complexity index is 470. The highest BCUT2D eigenvalue weighted by Crippen LogP contribution is 2.22. The van der Waals surface area contributed by atoms with E-state index in [9.17, 15) is 0 Å². The second-order valence-electron chi connectivity index (χ2n) is 4.42. The number of hydrogen-bond acceptors (Lipinski definition) is 2. The number of nitrogens with one attached hydrogen (secondary N) is 1. The second-order valence-corrected chi connectivity index (χ2v) is 4.42. The van der Waals surface area contributed by atoms with E-state index in [1.807, 2.05) is 24.1 Å². The lowest BCUT2D eigenvalue weighted by molar-refractivity contribution is 0.747. The summed E-state index contributed by atoms with van der Waals surface area (Å²) in [5.74, 6) is 0. The molecule has 2 rings (SSSR count). The van der Waals surface area contributed by atoms with E-state index in [0.717, 1.165) is 12.1 Å². The lowest BCUT2D eigenvalue weighted by atomic mass is 10.0. The van der Waals surface area contributed by atoms with E-state index in [4.69, 9.17) is 0 Å². The van der Waals surface area contributed by atoms with Crippen LogP contribution >= 0.6 is 0 Å². The molecule has 17 heavy (non-hydrogen) atoms. The van der Waals surface area contributed by atoms with Gasteiger partial charge in [-0.3, -0.25) is 4.68 Å². The third kappa shape index (κ3) is 2.87. The van der Waals surface area contributed by atoms with E-state index in [0.29, 0.717) is 6.04 Å². The molecule has 0 aliphatic rings.